The maximum absolute atomic E-state index is 13.2. The van der Waals surface area contributed by atoms with Crippen LogP contribution in [0, 0.1) is 0 Å². The second-order valence-electron chi connectivity index (χ2n) is 9.21. The van der Waals surface area contributed by atoms with Gasteiger partial charge in [-0.1, -0.05) is 30.3 Å². The quantitative estimate of drug-likeness (QED) is 0.0592. The maximum Gasteiger partial charge on any atom is 0.326 e. The summed E-state index contributed by atoms with van der Waals surface area (Å²) in [4.78, 5) is 61.3. The van der Waals surface area contributed by atoms with Crippen LogP contribution < -0.4 is 33.2 Å². The van der Waals surface area contributed by atoms with Crippen LogP contribution >= 0.6 is 0 Å². The molecule has 12 N–H and O–H groups in total. The lowest BCUT2D eigenvalue weighted by molar-refractivity contribution is -0.142. The molecule has 0 aliphatic carbocycles. The molecule has 5 atom stereocenters. The van der Waals surface area contributed by atoms with Crippen molar-refractivity contribution in [2.24, 2.45) is 22.2 Å². The molecular formula is C25H37N9O6. The predicted molar refractivity (Wildman–Crippen MR) is 145 cm³/mol. The Kier molecular flexibility index (Phi) is 12.5. The molecule has 0 saturated heterocycles. The van der Waals surface area contributed by atoms with E-state index in [1.54, 1.807) is 30.3 Å². The van der Waals surface area contributed by atoms with E-state index in [0.29, 0.717) is 11.3 Å². The summed E-state index contributed by atoms with van der Waals surface area (Å²) in [5.41, 5.74) is 17.8. The Morgan fingerprint density at radius 3 is 2.25 bits per heavy atom. The number of rotatable bonds is 16. The van der Waals surface area contributed by atoms with Gasteiger partial charge < -0.3 is 48.3 Å². The third-order valence-electron chi connectivity index (χ3n) is 5.87. The zero-order valence-electron chi connectivity index (χ0n) is 22.1. The van der Waals surface area contributed by atoms with E-state index in [4.69, 9.17) is 17.2 Å². The first-order valence-corrected chi connectivity index (χ1v) is 12.6. The van der Waals surface area contributed by atoms with Crippen LogP contribution in [0.1, 0.15) is 31.0 Å². The summed E-state index contributed by atoms with van der Waals surface area (Å²) in [6, 6.07) is 3.74. The molecule has 0 radical (unpaired) electrons. The number of hydrogen-bond donors (Lipinski definition) is 9. The Hall–Kier alpha value is -4.50. The fraction of sp³-hybridized carbons (Fsp3) is 0.440. The molecular weight excluding hydrogens is 522 g/mol. The molecule has 40 heavy (non-hydrogen) atoms. The monoisotopic (exact) mass is 559 g/mol. The fourth-order valence-corrected chi connectivity index (χ4v) is 3.75. The molecule has 0 saturated carbocycles. The highest BCUT2D eigenvalue weighted by Gasteiger charge is 2.32. The minimum atomic E-state index is -1.44. The number of nitrogens with one attached hydrogen (secondary N) is 4. The standard InChI is InChI=1S/C25H37N9O6/c1-14(35)20(34-21(36)17(26)11-16-12-29-13-31-16)23(38)33-19(10-15-6-3-2-4-7-15)22(37)32-18(24(39)40)8-5-9-30-25(27)28/h2-4,6-7,12-14,17-20,35H,5,8-11,26H2,1H3,(H,29,31)(H,32,37)(H,33,38)(H,34,36)(H,39,40)(H4,27,28,30). The number of hydrogen-bond acceptors (Lipinski definition) is 8. The van der Waals surface area contributed by atoms with Gasteiger partial charge in [0.05, 0.1) is 18.5 Å². The third-order valence-corrected chi connectivity index (χ3v) is 5.87. The Bertz CT molecular complexity index is 1140. The second-order valence-corrected chi connectivity index (χ2v) is 9.21. The van der Waals surface area contributed by atoms with Crippen molar-refractivity contribution >= 4 is 29.7 Å². The van der Waals surface area contributed by atoms with E-state index in [9.17, 15) is 29.4 Å². The molecule has 1 heterocycles. The van der Waals surface area contributed by atoms with Gasteiger partial charge >= 0.3 is 5.97 Å². The molecule has 2 rings (SSSR count). The number of aliphatic hydroxyl groups is 1. The smallest absolute Gasteiger partial charge is 0.326 e. The van der Waals surface area contributed by atoms with E-state index in [0.717, 1.165) is 0 Å². The molecule has 1 aromatic heterocycles. The topological polar surface area (TPSA) is 264 Å². The first-order chi connectivity index (χ1) is 19.0. The molecule has 15 heteroatoms. The molecule has 0 fully saturated rings. The van der Waals surface area contributed by atoms with Gasteiger partial charge in [0.2, 0.25) is 17.7 Å². The average molecular weight is 560 g/mol. The van der Waals surface area contributed by atoms with Crippen molar-refractivity contribution in [2.45, 2.75) is 62.9 Å². The SMILES string of the molecule is CC(O)C(NC(=O)C(N)Cc1cnc[nH]1)C(=O)NC(Cc1ccccc1)C(=O)NC(CCCN=C(N)N)C(=O)O. The molecule has 5 unspecified atom stereocenters. The summed E-state index contributed by atoms with van der Waals surface area (Å²) in [5, 5.41) is 27.2. The average Bonchev–Trinajstić information content (AvgIpc) is 3.41. The van der Waals surface area contributed by atoms with Crippen LogP contribution in [0.5, 0.6) is 0 Å². The van der Waals surface area contributed by atoms with Crippen molar-refractivity contribution < 1.29 is 29.4 Å². The van der Waals surface area contributed by atoms with Crippen molar-refractivity contribution in [3.05, 3.63) is 54.1 Å². The van der Waals surface area contributed by atoms with Crippen molar-refractivity contribution in [3.63, 3.8) is 0 Å². The number of nitrogens with two attached hydrogens (primary N) is 3. The molecule has 0 bridgehead atoms. The van der Waals surface area contributed by atoms with Crippen molar-refractivity contribution in [3.8, 4) is 0 Å². The predicted octanol–water partition coefficient (Wildman–Crippen LogP) is -2.50. The van der Waals surface area contributed by atoms with Crippen molar-refractivity contribution in [1.29, 1.82) is 0 Å². The highest BCUT2D eigenvalue weighted by molar-refractivity contribution is 5.94. The lowest BCUT2D eigenvalue weighted by Gasteiger charge is -2.26. The van der Waals surface area contributed by atoms with Crippen LogP contribution in [0.2, 0.25) is 0 Å². The zero-order valence-corrected chi connectivity index (χ0v) is 22.1. The number of nitrogens with zero attached hydrogens (tertiary/aromatic N) is 2. The Morgan fingerprint density at radius 1 is 1.00 bits per heavy atom. The minimum absolute atomic E-state index is 0.0125. The van der Waals surface area contributed by atoms with Gasteiger partial charge in [0.15, 0.2) is 5.96 Å². The first kappa shape index (κ1) is 31.7. The van der Waals surface area contributed by atoms with Crippen LogP contribution in [-0.2, 0) is 32.0 Å². The number of aliphatic imine (C=N–C) groups is 1. The number of H-pyrrole nitrogens is 1. The Morgan fingerprint density at radius 2 is 1.68 bits per heavy atom. The molecule has 0 aliphatic rings. The number of carboxylic acids is 1. The number of aliphatic hydroxyl groups excluding tert-OH is 1. The Balaban J connectivity index is 2.15. The van der Waals surface area contributed by atoms with Gasteiger partial charge in [-0.3, -0.25) is 19.4 Å². The molecule has 1 aromatic carbocycles. The lowest BCUT2D eigenvalue weighted by atomic mass is 10.0. The summed E-state index contributed by atoms with van der Waals surface area (Å²) >= 11 is 0. The minimum Gasteiger partial charge on any atom is -0.480 e. The van der Waals surface area contributed by atoms with Crippen LogP contribution in [0.4, 0.5) is 0 Å². The van der Waals surface area contributed by atoms with Crippen molar-refractivity contribution in [2.75, 3.05) is 6.54 Å². The number of aromatic nitrogens is 2. The van der Waals surface area contributed by atoms with E-state index in [2.05, 4.69) is 30.9 Å². The number of amides is 3. The number of imidazole rings is 1. The third kappa shape index (κ3) is 10.7. The molecule has 0 aliphatic heterocycles. The number of carbonyl (C=O) groups is 4. The van der Waals surface area contributed by atoms with Gasteiger partial charge in [-0.15, -0.1) is 0 Å². The molecule has 218 valence electrons. The van der Waals surface area contributed by atoms with Gasteiger partial charge in [-0.25, -0.2) is 9.78 Å². The van der Waals surface area contributed by atoms with Gasteiger partial charge in [0.25, 0.3) is 0 Å². The maximum atomic E-state index is 13.2. The molecule has 2 aromatic rings. The highest BCUT2D eigenvalue weighted by atomic mass is 16.4. The van der Waals surface area contributed by atoms with Gasteiger partial charge in [0, 0.05) is 31.3 Å². The number of benzene rings is 1. The largest absolute Gasteiger partial charge is 0.480 e. The molecule has 15 nitrogen and oxygen atoms in total. The van der Waals surface area contributed by atoms with Crippen LogP contribution in [-0.4, -0.2) is 86.6 Å². The summed E-state index contributed by atoms with van der Waals surface area (Å²) < 4.78 is 0. The fourth-order valence-electron chi connectivity index (χ4n) is 3.75. The number of guanidine groups is 1. The summed E-state index contributed by atoms with van der Waals surface area (Å²) in [6.07, 6.45) is 2.03. The summed E-state index contributed by atoms with van der Waals surface area (Å²) in [7, 11) is 0. The number of aliphatic carboxylic acids is 1. The van der Waals surface area contributed by atoms with Crippen LogP contribution in [0.3, 0.4) is 0 Å². The normalized spacial score (nSPS) is 14.6. The van der Waals surface area contributed by atoms with Crippen molar-refractivity contribution in [1.82, 2.24) is 25.9 Å². The first-order valence-electron chi connectivity index (χ1n) is 12.6. The lowest BCUT2D eigenvalue weighted by Crippen LogP contribution is -2.60. The Labute approximate surface area is 231 Å². The second kappa shape index (κ2) is 15.8. The van der Waals surface area contributed by atoms with Gasteiger partial charge in [-0.05, 0) is 25.3 Å². The molecule has 3 amide bonds. The van der Waals surface area contributed by atoms with Gasteiger partial charge in [0.1, 0.15) is 18.1 Å². The number of carbonyl (C=O) groups excluding carboxylic acids is 3. The number of aromatic amines is 1. The highest BCUT2D eigenvalue weighted by Crippen LogP contribution is 2.07. The van der Waals surface area contributed by atoms with E-state index in [1.165, 1.54) is 19.4 Å². The van der Waals surface area contributed by atoms with Crippen LogP contribution in [0.25, 0.3) is 0 Å². The van der Waals surface area contributed by atoms with Crippen LogP contribution in [0.15, 0.2) is 47.8 Å². The zero-order chi connectivity index (χ0) is 29.7. The molecule has 0 spiro atoms. The summed E-state index contributed by atoms with van der Waals surface area (Å²) in [6.45, 7) is 1.47. The number of carboxylic acid groups (broad SMARTS) is 1. The van der Waals surface area contributed by atoms with Gasteiger partial charge in [-0.2, -0.15) is 0 Å². The van der Waals surface area contributed by atoms with E-state index in [1.807, 2.05) is 0 Å². The summed E-state index contributed by atoms with van der Waals surface area (Å²) in [5.74, 6) is -3.73. The van der Waals surface area contributed by atoms with E-state index in [-0.39, 0.29) is 38.2 Å². The van der Waals surface area contributed by atoms with E-state index < -0.39 is 54.0 Å². The van der Waals surface area contributed by atoms with E-state index >= 15 is 0 Å².